The van der Waals surface area contributed by atoms with Crippen LogP contribution < -0.4 is 5.32 Å². The number of halogens is 1. The van der Waals surface area contributed by atoms with Gasteiger partial charge in [0.15, 0.2) is 0 Å². The molecule has 4 nitrogen and oxygen atoms in total. The van der Waals surface area contributed by atoms with Crippen LogP contribution in [0.15, 0.2) is 59.0 Å². The number of nitrogens with zero attached hydrogens (tertiary/aromatic N) is 1. The Kier molecular flexibility index (Phi) is 4.37. The van der Waals surface area contributed by atoms with Crippen LogP contribution in [-0.4, -0.2) is 5.91 Å². The molecule has 0 spiro atoms. The van der Waals surface area contributed by atoms with Gasteiger partial charge in [-0.2, -0.15) is 5.26 Å². The molecule has 0 atom stereocenters. The summed E-state index contributed by atoms with van der Waals surface area (Å²) < 4.78 is 5.67. The van der Waals surface area contributed by atoms with E-state index < -0.39 is 0 Å². The van der Waals surface area contributed by atoms with Crippen LogP contribution in [0.25, 0.3) is 11.3 Å². The Labute approximate surface area is 144 Å². The first-order valence-electron chi connectivity index (χ1n) is 7.25. The Morgan fingerprint density at radius 1 is 1.12 bits per heavy atom. The molecule has 0 aliphatic heterocycles. The molecule has 0 saturated heterocycles. The van der Waals surface area contributed by atoms with Crippen molar-refractivity contribution in [2.24, 2.45) is 0 Å². The largest absolute Gasteiger partial charge is 0.439 e. The third-order valence-electron chi connectivity index (χ3n) is 3.52. The minimum absolute atomic E-state index is 0.132. The van der Waals surface area contributed by atoms with Crippen molar-refractivity contribution in [1.29, 1.82) is 5.26 Å². The number of nitrogens with one attached hydrogen (secondary N) is 1. The average Bonchev–Trinajstić information content (AvgIpc) is 2.99. The normalized spacial score (nSPS) is 10.2. The first-order chi connectivity index (χ1) is 11.6. The molecule has 1 amide bonds. The van der Waals surface area contributed by atoms with Crippen LogP contribution in [0, 0.1) is 18.3 Å². The van der Waals surface area contributed by atoms with Gasteiger partial charge in [-0.15, -0.1) is 0 Å². The molecule has 118 valence electrons. The number of rotatable bonds is 3. The summed E-state index contributed by atoms with van der Waals surface area (Å²) in [4.78, 5) is 12.3. The van der Waals surface area contributed by atoms with Crippen LogP contribution in [0.3, 0.4) is 0 Å². The zero-order valence-corrected chi connectivity index (χ0v) is 13.6. The summed E-state index contributed by atoms with van der Waals surface area (Å²) in [5.74, 6) is 0.291. The molecular weight excluding hydrogens is 324 g/mol. The van der Waals surface area contributed by atoms with Gasteiger partial charge in [-0.3, -0.25) is 10.1 Å². The second-order valence-electron chi connectivity index (χ2n) is 5.29. The van der Waals surface area contributed by atoms with Gasteiger partial charge in [-0.25, -0.2) is 0 Å². The summed E-state index contributed by atoms with van der Waals surface area (Å²) in [5.41, 5.74) is 2.66. The van der Waals surface area contributed by atoms with Crippen molar-refractivity contribution in [1.82, 2.24) is 0 Å². The van der Waals surface area contributed by atoms with E-state index in [2.05, 4.69) is 5.32 Å². The quantitative estimate of drug-likeness (QED) is 0.729. The van der Waals surface area contributed by atoms with E-state index in [1.807, 2.05) is 37.3 Å². The molecule has 3 aromatic rings. The van der Waals surface area contributed by atoms with Gasteiger partial charge in [0.2, 0.25) is 5.88 Å². The highest BCUT2D eigenvalue weighted by Crippen LogP contribution is 2.29. The Balaban J connectivity index is 1.88. The van der Waals surface area contributed by atoms with Crippen LogP contribution in [0.5, 0.6) is 0 Å². The van der Waals surface area contributed by atoms with Crippen molar-refractivity contribution in [3.05, 3.63) is 76.3 Å². The lowest BCUT2D eigenvalue weighted by molar-refractivity contribution is 0.102. The molecular formula is C19H13ClN2O2. The second-order valence-corrected chi connectivity index (χ2v) is 5.73. The van der Waals surface area contributed by atoms with Gasteiger partial charge in [-0.05, 0) is 31.2 Å². The van der Waals surface area contributed by atoms with Crippen LogP contribution >= 0.6 is 11.6 Å². The second kappa shape index (κ2) is 6.61. The molecule has 0 aliphatic carbocycles. The Morgan fingerprint density at radius 2 is 1.79 bits per heavy atom. The number of anilines is 1. The SMILES string of the molecule is Cc1ccc(-c2cc(C#N)c(NC(=O)c3ccc(Cl)cc3)o2)cc1. The van der Waals surface area contributed by atoms with Crippen LogP contribution in [-0.2, 0) is 0 Å². The number of hydrogen-bond donors (Lipinski definition) is 1. The summed E-state index contributed by atoms with van der Waals surface area (Å²) in [6.45, 7) is 1.99. The van der Waals surface area contributed by atoms with E-state index in [-0.39, 0.29) is 17.4 Å². The highest BCUT2D eigenvalue weighted by molar-refractivity contribution is 6.30. The van der Waals surface area contributed by atoms with Crippen molar-refractivity contribution < 1.29 is 9.21 Å². The van der Waals surface area contributed by atoms with Crippen molar-refractivity contribution in [3.8, 4) is 17.4 Å². The molecule has 1 aromatic heterocycles. The summed E-state index contributed by atoms with van der Waals surface area (Å²) in [6.07, 6.45) is 0. The number of amides is 1. The lowest BCUT2D eigenvalue weighted by Crippen LogP contribution is -2.11. The predicted molar refractivity (Wildman–Crippen MR) is 93.0 cm³/mol. The van der Waals surface area contributed by atoms with E-state index in [0.29, 0.717) is 16.3 Å². The number of hydrogen-bond acceptors (Lipinski definition) is 3. The topological polar surface area (TPSA) is 66.0 Å². The fourth-order valence-electron chi connectivity index (χ4n) is 2.20. The maximum atomic E-state index is 12.3. The lowest BCUT2D eigenvalue weighted by Gasteiger charge is -2.03. The monoisotopic (exact) mass is 336 g/mol. The minimum atomic E-state index is -0.368. The molecule has 1 N–H and O–H groups in total. The Morgan fingerprint density at radius 3 is 2.42 bits per heavy atom. The van der Waals surface area contributed by atoms with Gasteiger partial charge in [0, 0.05) is 22.2 Å². The smallest absolute Gasteiger partial charge is 0.258 e. The predicted octanol–water partition coefficient (Wildman–Crippen LogP) is 5.03. The number of nitriles is 1. The summed E-state index contributed by atoms with van der Waals surface area (Å²) in [6, 6.07) is 17.8. The van der Waals surface area contributed by atoms with Crippen molar-refractivity contribution >= 4 is 23.4 Å². The minimum Gasteiger partial charge on any atom is -0.439 e. The molecule has 24 heavy (non-hydrogen) atoms. The summed E-state index contributed by atoms with van der Waals surface area (Å²) >= 11 is 5.81. The summed E-state index contributed by atoms with van der Waals surface area (Å²) in [5, 5.41) is 12.4. The molecule has 5 heteroatoms. The Bertz CT molecular complexity index is 919. The van der Waals surface area contributed by atoms with Gasteiger partial charge < -0.3 is 4.42 Å². The maximum Gasteiger partial charge on any atom is 0.258 e. The molecule has 0 unspecified atom stereocenters. The highest BCUT2D eigenvalue weighted by Gasteiger charge is 2.16. The Hall–Kier alpha value is -3.03. The van der Waals surface area contributed by atoms with Crippen LogP contribution in [0.2, 0.25) is 5.02 Å². The van der Waals surface area contributed by atoms with E-state index in [1.54, 1.807) is 30.3 Å². The molecule has 0 bridgehead atoms. The molecule has 0 aliphatic rings. The van der Waals surface area contributed by atoms with Crippen LogP contribution in [0.1, 0.15) is 21.5 Å². The van der Waals surface area contributed by atoms with Gasteiger partial charge in [0.05, 0.1) is 0 Å². The fraction of sp³-hybridized carbons (Fsp3) is 0.0526. The van der Waals surface area contributed by atoms with E-state index in [1.165, 1.54) is 0 Å². The maximum absolute atomic E-state index is 12.3. The molecule has 2 aromatic carbocycles. The average molecular weight is 337 g/mol. The standard InChI is InChI=1S/C19H13ClN2O2/c1-12-2-4-13(5-3-12)17-10-15(11-21)19(24-17)22-18(23)14-6-8-16(20)9-7-14/h2-10H,1H3,(H,22,23). The van der Waals surface area contributed by atoms with Gasteiger partial charge in [-0.1, -0.05) is 41.4 Å². The zero-order valence-electron chi connectivity index (χ0n) is 12.8. The molecule has 0 radical (unpaired) electrons. The molecule has 3 rings (SSSR count). The van der Waals surface area contributed by atoms with E-state index in [0.717, 1.165) is 11.1 Å². The first kappa shape index (κ1) is 15.9. The molecule has 0 fully saturated rings. The first-order valence-corrected chi connectivity index (χ1v) is 7.62. The zero-order chi connectivity index (χ0) is 17.1. The lowest BCUT2D eigenvalue weighted by atomic mass is 10.1. The molecule has 1 heterocycles. The van der Waals surface area contributed by atoms with Gasteiger partial charge in [0.1, 0.15) is 17.4 Å². The fourth-order valence-corrected chi connectivity index (χ4v) is 2.33. The van der Waals surface area contributed by atoms with E-state index in [4.69, 9.17) is 16.0 Å². The highest BCUT2D eigenvalue weighted by atomic mass is 35.5. The summed E-state index contributed by atoms with van der Waals surface area (Å²) in [7, 11) is 0. The molecule has 0 saturated carbocycles. The van der Waals surface area contributed by atoms with Crippen LogP contribution in [0.4, 0.5) is 5.88 Å². The van der Waals surface area contributed by atoms with Crippen molar-refractivity contribution in [3.63, 3.8) is 0 Å². The number of benzene rings is 2. The van der Waals surface area contributed by atoms with E-state index >= 15 is 0 Å². The van der Waals surface area contributed by atoms with Crippen molar-refractivity contribution in [2.75, 3.05) is 5.32 Å². The van der Waals surface area contributed by atoms with E-state index in [9.17, 15) is 10.1 Å². The van der Waals surface area contributed by atoms with Gasteiger partial charge >= 0.3 is 0 Å². The number of carbonyl (C=O) groups is 1. The van der Waals surface area contributed by atoms with Crippen molar-refractivity contribution in [2.45, 2.75) is 6.92 Å². The third-order valence-corrected chi connectivity index (χ3v) is 3.77. The third kappa shape index (κ3) is 3.32. The number of furan rings is 1. The van der Waals surface area contributed by atoms with Gasteiger partial charge in [0.25, 0.3) is 5.91 Å². The number of aryl methyl sites for hydroxylation is 1. The number of carbonyl (C=O) groups excluding carboxylic acids is 1.